The molecule has 7 heteroatoms. The molecule has 1 saturated heterocycles. The number of benzene rings is 1. The third-order valence-electron chi connectivity index (χ3n) is 5.50. The van der Waals surface area contributed by atoms with Crippen LogP contribution in [-0.4, -0.2) is 46.6 Å². The molecule has 0 bridgehead atoms. The molecule has 0 aromatic heterocycles. The highest BCUT2D eigenvalue weighted by molar-refractivity contribution is 6.44. The Labute approximate surface area is 158 Å². The first-order chi connectivity index (χ1) is 12.8. The number of Topliss-reactive ketones (excluding diaryl/α,β-unsaturated/α-hetero) is 1. The van der Waals surface area contributed by atoms with Crippen LogP contribution < -0.4 is 4.74 Å². The van der Waals surface area contributed by atoms with Crippen LogP contribution in [0.3, 0.4) is 0 Å². The molecular formula is C20H24N2O5. The first kappa shape index (κ1) is 19.1. The Balaban J connectivity index is 1.88. The van der Waals surface area contributed by atoms with Gasteiger partial charge in [-0.2, -0.15) is 0 Å². The third kappa shape index (κ3) is 3.46. The van der Waals surface area contributed by atoms with Crippen LogP contribution in [-0.2, 0) is 16.1 Å². The lowest BCUT2D eigenvalue weighted by molar-refractivity contribution is -0.144. The van der Waals surface area contributed by atoms with Crippen LogP contribution in [0.15, 0.2) is 18.2 Å². The quantitative estimate of drug-likeness (QED) is 0.451. The number of ether oxygens (including phenoxy) is 1. The van der Waals surface area contributed by atoms with E-state index < -0.39 is 17.8 Å². The van der Waals surface area contributed by atoms with E-state index in [9.17, 15) is 19.2 Å². The molecule has 1 saturated carbocycles. The summed E-state index contributed by atoms with van der Waals surface area (Å²) in [5.74, 6) is -1.09. The maximum Gasteiger partial charge on any atom is 0.334 e. The van der Waals surface area contributed by atoms with E-state index in [2.05, 4.69) is 0 Å². The van der Waals surface area contributed by atoms with Crippen LogP contribution in [0.1, 0.15) is 55.5 Å². The number of rotatable bonds is 5. The number of hydrogen-bond donors (Lipinski definition) is 0. The first-order valence-electron chi connectivity index (χ1n) is 9.22. The topological polar surface area (TPSA) is 84.0 Å². The summed E-state index contributed by atoms with van der Waals surface area (Å²) < 4.78 is 5.29. The van der Waals surface area contributed by atoms with Crippen molar-refractivity contribution in [2.24, 2.45) is 5.92 Å². The van der Waals surface area contributed by atoms with Crippen molar-refractivity contribution in [2.75, 3.05) is 7.11 Å². The van der Waals surface area contributed by atoms with Crippen LogP contribution in [0.5, 0.6) is 5.75 Å². The highest BCUT2D eigenvalue weighted by atomic mass is 16.5. The van der Waals surface area contributed by atoms with Gasteiger partial charge in [-0.1, -0.05) is 19.8 Å². The molecule has 27 heavy (non-hydrogen) atoms. The van der Waals surface area contributed by atoms with E-state index in [-0.39, 0.29) is 24.3 Å². The third-order valence-corrected chi connectivity index (χ3v) is 5.50. The van der Waals surface area contributed by atoms with Gasteiger partial charge in [-0.3, -0.25) is 24.2 Å². The van der Waals surface area contributed by atoms with E-state index >= 15 is 0 Å². The summed E-state index contributed by atoms with van der Waals surface area (Å²) in [6.07, 6.45) is 3.67. The minimum Gasteiger partial charge on any atom is -0.496 e. The lowest BCUT2D eigenvalue weighted by atomic mass is 9.85. The first-order valence-corrected chi connectivity index (χ1v) is 9.22. The molecule has 2 fully saturated rings. The number of imide groups is 2. The second-order valence-electron chi connectivity index (χ2n) is 7.26. The Morgan fingerprint density at radius 3 is 2.48 bits per heavy atom. The zero-order chi connectivity index (χ0) is 19.7. The van der Waals surface area contributed by atoms with Gasteiger partial charge in [0.2, 0.25) is 0 Å². The molecule has 1 aromatic carbocycles. The van der Waals surface area contributed by atoms with E-state index in [4.69, 9.17) is 4.74 Å². The van der Waals surface area contributed by atoms with Crippen molar-refractivity contribution >= 4 is 23.6 Å². The van der Waals surface area contributed by atoms with Crippen molar-refractivity contribution in [3.8, 4) is 5.75 Å². The zero-order valence-electron chi connectivity index (χ0n) is 15.9. The molecule has 2 aliphatic rings. The predicted octanol–water partition coefficient (Wildman–Crippen LogP) is 2.77. The summed E-state index contributed by atoms with van der Waals surface area (Å²) in [4.78, 5) is 51.7. The Morgan fingerprint density at radius 2 is 1.85 bits per heavy atom. The van der Waals surface area contributed by atoms with Gasteiger partial charge < -0.3 is 4.74 Å². The van der Waals surface area contributed by atoms with Crippen LogP contribution in [0.25, 0.3) is 0 Å². The molecule has 1 aromatic rings. The molecule has 7 nitrogen and oxygen atoms in total. The van der Waals surface area contributed by atoms with Gasteiger partial charge in [-0.15, -0.1) is 0 Å². The minimum absolute atomic E-state index is 0.106. The fourth-order valence-corrected chi connectivity index (χ4v) is 3.93. The number of carbonyl (C=O) groups is 4. The lowest BCUT2D eigenvalue weighted by Gasteiger charge is -2.34. The molecule has 1 aliphatic carbocycles. The molecule has 2 atom stereocenters. The summed E-state index contributed by atoms with van der Waals surface area (Å²) in [5.41, 5.74) is 0.965. The van der Waals surface area contributed by atoms with Crippen molar-refractivity contribution in [1.82, 2.24) is 9.80 Å². The van der Waals surface area contributed by atoms with Crippen molar-refractivity contribution in [3.63, 3.8) is 0 Å². The van der Waals surface area contributed by atoms with Gasteiger partial charge >= 0.3 is 17.8 Å². The molecular weight excluding hydrogens is 348 g/mol. The molecule has 1 aliphatic heterocycles. The van der Waals surface area contributed by atoms with Gasteiger partial charge in [0.1, 0.15) is 5.75 Å². The monoisotopic (exact) mass is 372 g/mol. The number of carbonyl (C=O) groups excluding carboxylic acids is 4. The average Bonchev–Trinajstić information content (AvgIpc) is 2.85. The van der Waals surface area contributed by atoms with E-state index in [1.807, 2.05) is 6.92 Å². The summed E-state index contributed by atoms with van der Waals surface area (Å²) in [6.45, 7) is 3.34. The van der Waals surface area contributed by atoms with Gasteiger partial charge in [0.15, 0.2) is 5.78 Å². The van der Waals surface area contributed by atoms with Crippen LogP contribution in [0.2, 0.25) is 0 Å². The number of nitrogens with zero attached hydrogens (tertiary/aromatic N) is 2. The van der Waals surface area contributed by atoms with Crippen molar-refractivity contribution in [3.05, 3.63) is 29.3 Å². The minimum atomic E-state index is -0.826. The number of amides is 4. The van der Waals surface area contributed by atoms with Gasteiger partial charge in [0, 0.05) is 17.2 Å². The summed E-state index contributed by atoms with van der Waals surface area (Å²) in [5, 5.41) is 0. The fraction of sp³-hybridized carbons (Fsp3) is 0.500. The smallest absolute Gasteiger partial charge is 0.334 e. The molecule has 144 valence electrons. The van der Waals surface area contributed by atoms with Crippen molar-refractivity contribution in [2.45, 2.75) is 52.1 Å². The normalized spacial score (nSPS) is 23.1. The zero-order valence-corrected chi connectivity index (χ0v) is 15.9. The van der Waals surface area contributed by atoms with Gasteiger partial charge in [0.05, 0.1) is 13.7 Å². The fourth-order valence-electron chi connectivity index (χ4n) is 3.93. The number of hydrogen-bond acceptors (Lipinski definition) is 5. The van der Waals surface area contributed by atoms with Gasteiger partial charge in [0.25, 0.3) is 0 Å². The summed E-state index contributed by atoms with van der Waals surface area (Å²) in [7, 11) is 1.47. The molecule has 1 heterocycles. The van der Waals surface area contributed by atoms with Crippen LogP contribution in [0, 0.1) is 5.92 Å². The predicted molar refractivity (Wildman–Crippen MR) is 97.2 cm³/mol. The number of urea groups is 1. The highest BCUT2D eigenvalue weighted by Gasteiger charge is 2.49. The summed E-state index contributed by atoms with van der Waals surface area (Å²) >= 11 is 0. The van der Waals surface area contributed by atoms with Crippen molar-refractivity contribution < 1.29 is 23.9 Å². The molecule has 4 amide bonds. The van der Waals surface area contributed by atoms with Crippen LogP contribution >= 0.6 is 0 Å². The number of methoxy groups -OCH3 is 1. The van der Waals surface area contributed by atoms with Gasteiger partial charge in [-0.05, 0) is 43.9 Å². The number of ketones is 1. The maximum absolute atomic E-state index is 12.9. The molecule has 3 rings (SSSR count). The molecule has 0 spiro atoms. The molecule has 0 radical (unpaired) electrons. The van der Waals surface area contributed by atoms with E-state index in [0.717, 1.165) is 35.5 Å². The average molecular weight is 372 g/mol. The summed E-state index contributed by atoms with van der Waals surface area (Å²) in [6, 6.07) is 4.02. The second kappa shape index (κ2) is 7.50. The Hall–Kier alpha value is -2.70. The Bertz CT molecular complexity index is 804. The van der Waals surface area contributed by atoms with E-state index in [0.29, 0.717) is 16.9 Å². The SMILES string of the molecule is COc1ccc(C(C)=O)cc1CN1C(=O)C(=O)N([C@H]2CCCC[C@@H]2C)C1=O. The van der Waals surface area contributed by atoms with Crippen LogP contribution in [0.4, 0.5) is 4.79 Å². The largest absolute Gasteiger partial charge is 0.496 e. The lowest BCUT2D eigenvalue weighted by Crippen LogP contribution is -2.46. The maximum atomic E-state index is 12.9. The van der Waals surface area contributed by atoms with E-state index in [1.54, 1.807) is 18.2 Å². The van der Waals surface area contributed by atoms with Gasteiger partial charge in [-0.25, -0.2) is 4.79 Å². The standard InChI is InChI=1S/C20H24N2O5/c1-12-6-4-5-7-16(12)22-19(25)18(24)21(20(22)26)11-15-10-14(13(2)23)8-9-17(15)27-3/h8-10,12,16H,4-7,11H2,1-3H3/t12-,16-/m0/s1. The van der Waals surface area contributed by atoms with E-state index in [1.165, 1.54) is 14.0 Å². The molecule has 0 N–H and O–H groups in total. The Morgan fingerprint density at radius 1 is 1.15 bits per heavy atom. The molecule has 0 unspecified atom stereocenters. The second-order valence-corrected chi connectivity index (χ2v) is 7.26. The van der Waals surface area contributed by atoms with Crippen molar-refractivity contribution in [1.29, 1.82) is 0 Å². The Kier molecular flexibility index (Phi) is 5.30. The highest BCUT2D eigenvalue weighted by Crippen LogP contribution is 2.32.